The van der Waals surface area contributed by atoms with Crippen LogP contribution in [0.4, 0.5) is 0 Å². The van der Waals surface area contributed by atoms with E-state index < -0.39 is 0 Å². The standard InChI is InChI=1S/C15H29NO2S/c1-12(14(11-17)19-2)16-10-13-6-9-15(18-13)7-4-3-5-8-15/h12-14,16-17H,3-11H2,1-2H3. The maximum absolute atomic E-state index is 9.30. The lowest BCUT2D eigenvalue weighted by Crippen LogP contribution is -2.42. The smallest absolute Gasteiger partial charge is 0.0708 e. The van der Waals surface area contributed by atoms with Crippen LogP contribution in [0, 0.1) is 0 Å². The van der Waals surface area contributed by atoms with Crippen LogP contribution in [0.1, 0.15) is 51.9 Å². The molecule has 3 atom stereocenters. The summed E-state index contributed by atoms with van der Waals surface area (Å²) in [7, 11) is 0. The fraction of sp³-hybridized carbons (Fsp3) is 1.00. The highest BCUT2D eigenvalue weighted by atomic mass is 32.2. The second kappa shape index (κ2) is 7.30. The molecule has 2 N–H and O–H groups in total. The Morgan fingerprint density at radius 2 is 2.05 bits per heavy atom. The molecule has 2 fully saturated rings. The molecule has 0 aromatic heterocycles. The van der Waals surface area contributed by atoms with Gasteiger partial charge in [0, 0.05) is 17.8 Å². The van der Waals surface area contributed by atoms with Crippen LogP contribution in [0.5, 0.6) is 0 Å². The van der Waals surface area contributed by atoms with E-state index in [2.05, 4.69) is 18.5 Å². The second-order valence-corrected chi connectivity index (χ2v) is 7.25. The zero-order chi connectivity index (χ0) is 13.7. The van der Waals surface area contributed by atoms with Crippen LogP contribution in [-0.4, -0.2) is 47.5 Å². The van der Waals surface area contributed by atoms with Gasteiger partial charge < -0.3 is 15.2 Å². The molecule has 0 aromatic carbocycles. The average Bonchev–Trinajstić information content (AvgIpc) is 2.82. The van der Waals surface area contributed by atoms with Crippen LogP contribution in [0.3, 0.4) is 0 Å². The molecule has 0 bridgehead atoms. The molecule has 1 aliphatic heterocycles. The van der Waals surface area contributed by atoms with E-state index in [1.165, 1.54) is 44.9 Å². The lowest BCUT2D eigenvalue weighted by molar-refractivity contribution is -0.0629. The Kier molecular flexibility index (Phi) is 6.00. The first-order valence-electron chi connectivity index (χ1n) is 7.74. The monoisotopic (exact) mass is 287 g/mol. The Morgan fingerprint density at radius 3 is 2.68 bits per heavy atom. The van der Waals surface area contributed by atoms with E-state index >= 15 is 0 Å². The van der Waals surface area contributed by atoms with Gasteiger partial charge in [-0.1, -0.05) is 19.3 Å². The van der Waals surface area contributed by atoms with Crippen molar-refractivity contribution in [2.24, 2.45) is 0 Å². The van der Waals surface area contributed by atoms with Crippen LogP contribution in [0.25, 0.3) is 0 Å². The molecule has 3 unspecified atom stereocenters. The van der Waals surface area contributed by atoms with Crippen molar-refractivity contribution in [2.45, 2.75) is 74.9 Å². The van der Waals surface area contributed by atoms with Gasteiger partial charge in [0.25, 0.3) is 0 Å². The minimum atomic E-state index is 0.226. The molecule has 0 aromatic rings. The van der Waals surface area contributed by atoms with Gasteiger partial charge in [-0.25, -0.2) is 0 Å². The highest BCUT2D eigenvalue weighted by Gasteiger charge is 2.40. The van der Waals surface area contributed by atoms with E-state index in [9.17, 15) is 5.11 Å². The van der Waals surface area contributed by atoms with Gasteiger partial charge in [-0.15, -0.1) is 0 Å². The topological polar surface area (TPSA) is 41.5 Å². The summed E-state index contributed by atoms with van der Waals surface area (Å²) in [6, 6.07) is 0.339. The summed E-state index contributed by atoms with van der Waals surface area (Å²) in [6.07, 6.45) is 11.5. The zero-order valence-corrected chi connectivity index (χ0v) is 13.2. The van der Waals surface area contributed by atoms with Crippen LogP contribution >= 0.6 is 11.8 Å². The maximum atomic E-state index is 9.30. The third-order valence-electron chi connectivity index (χ3n) is 4.81. The molecular formula is C15H29NO2S. The van der Waals surface area contributed by atoms with Gasteiger partial charge in [0.15, 0.2) is 0 Å². The number of rotatable bonds is 6. The Morgan fingerprint density at radius 1 is 1.32 bits per heavy atom. The van der Waals surface area contributed by atoms with Gasteiger partial charge in [-0.3, -0.25) is 0 Å². The normalized spacial score (nSPS) is 29.5. The molecule has 1 aliphatic carbocycles. The Bertz CT molecular complexity index is 265. The molecule has 112 valence electrons. The molecule has 19 heavy (non-hydrogen) atoms. The number of ether oxygens (including phenoxy) is 1. The molecule has 2 rings (SSSR count). The van der Waals surface area contributed by atoms with Gasteiger partial charge in [-0.2, -0.15) is 11.8 Å². The summed E-state index contributed by atoms with van der Waals surface area (Å²) in [5.41, 5.74) is 0.226. The number of thioether (sulfide) groups is 1. The summed E-state index contributed by atoms with van der Waals surface area (Å²) in [4.78, 5) is 0. The van der Waals surface area contributed by atoms with Gasteiger partial charge in [0.2, 0.25) is 0 Å². The SMILES string of the molecule is CSC(CO)C(C)NCC1CCC2(CCCCC2)O1. The quantitative estimate of drug-likeness (QED) is 0.788. The molecule has 2 aliphatic rings. The first-order valence-corrected chi connectivity index (χ1v) is 9.03. The van der Waals surface area contributed by atoms with E-state index in [-0.39, 0.29) is 17.5 Å². The van der Waals surface area contributed by atoms with Crippen molar-refractivity contribution in [2.75, 3.05) is 19.4 Å². The Balaban J connectivity index is 1.73. The summed E-state index contributed by atoms with van der Waals surface area (Å²) < 4.78 is 6.36. The lowest BCUT2D eigenvalue weighted by atomic mass is 9.83. The third kappa shape index (κ3) is 4.10. The van der Waals surface area contributed by atoms with Gasteiger partial charge in [-0.05, 0) is 38.9 Å². The molecule has 4 heteroatoms. The molecular weight excluding hydrogens is 258 g/mol. The number of nitrogens with one attached hydrogen (secondary N) is 1. The second-order valence-electron chi connectivity index (χ2n) is 6.18. The number of hydrogen-bond donors (Lipinski definition) is 2. The summed E-state index contributed by atoms with van der Waals surface area (Å²) in [5, 5.41) is 13.1. The average molecular weight is 287 g/mol. The van der Waals surface area contributed by atoms with Crippen molar-refractivity contribution in [3.8, 4) is 0 Å². The van der Waals surface area contributed by atoms with Crippen molar-refractivity contribution in [1.82, 2.24) is 5.32 Å². The van der Waals surface area contributed by atoms with Crippen molar-refractivity contribution in [3.05, 3.63) is 0 Å². The predicted molar refractivity (Wildman–Crippen MR) is 81.8 cm³/mol. The Labute approximate surface area is 121 Å². The van der Waals surface area contributed by atoms with E-state index in [1.807, 2.05) is 0 Å². The summed E-state index contributed by atoms with van der Waals surface area (Å²) in [5.74, 6) is 0. The maximum Gasteiger partial charge on any atom is 0.0708 e. The van der Waals surface area contributed by atoms with Crippen LogP contribution in [0.2, 0.25) is 0 Å². The zero-order valence-electron chi connectivity index (χ0n) is 12.4. The van der Waals surface area contributed by atoms with E-state index in [4.69, 9.17) is 4.74 Å². The van der Waals surface area contributed by atoms with E-state index in [0.29, 0.717) is 12.1 Å². The Hall–Kier alpha value is 0.230. The number of aliphatic hydroxyl groups is 1. The molecule has 0 radical (unpaired) electrons. The fourth-order valence-corrected chi connectivity index (χ4v) is 4.14. The van der Waals surface area contributed by atoms with Gasteiger partial charge in [0.05, 0.1) is 18.3 Å². The highest BCUT2D eigenvalue weighted by molar-refractivity contribution is 7.99. The lowest BCUT2D eigenvalue weighted by Gasteiger charge is -2.33. The van der Waals surface area contributed by atoms with Crippen LogP contribution in [0.15, 0.2) is 0 Å². The highest BCUT2D eigenvalue weighted by Crippen LogP contribution is 2.41. The number of hydrogen-bond acceptors (Lipinski definition) is 4. The van der Waals surface area contributed by atoms with E-state index in [1.54, 1.807) is 11.8 Å². The van der Waals surface area contributed by atoms with Gasteiger partial charge in [0.1, 0.15) is 0 Å². The molecule has 1 saturated heterocycles. The van der Waals surface area contributed by atoms with Crippen molar-refractivity contribution < 1.29 is 9.84 Å². The van der Waals surface area contributed by atoms with Crippen molar-refractivity contribution in [3.63, 3.8) is 0 Å². The molecule has 1 saturated carbocycles. The molecule has 1 heterocycles. The summed E-state index contributed by atoms with van der Waals surface area (Å²) >= 11 is 1.73. The molecule has 1 spiro atoms. The molecule has 3 nitrogen and oxygen atoms in total. The minimum Gasteiger partial charge on any atom is -0.395 e. The number of aliphatic hydroxyl groups excluding tert-OH is 1. The predicted octanol–water partition coefficient (Wildman–Crippen LogP) is 2.57. The van der Waals surface area contributed by atoms with Gasteiger partial charge >= 0.3 is 0 Å². The third-order valence-corrected chi connectivity index (χ3v) is 5.97. The first kappa shape index (κ1) is 15.6. The minimum absolute atomic E-state index is 0.226. The summed E-state index contributed by atoms with van der Waals surface area (Å²) in [6.45, 7) is 3.33. The van der Waals surface area contributed by atoms with E-state index in [0.717, 1.165) is 6.54 Å². The molecule has 0 amide bonds. The van der Waals surface area contributed by atoms with Crippen LogP contribution in [-0.2, 0) is 4.74 Å². The van der Waals surface area contributed by atoms with Crippen LogP contribution < -0.4 is 5.32 Å². The van der Waals surface area contributed by atoms with Crippen molar-refractivity contribution in [1.29, 1.82) is 0 Å². The fourth-order valence-electron chi connectivity index (χ4n) is 3.49. The first-order chi connectivity index (χ1) is 9.19. The van der Waals surface area contributed by atoms with Crippen molar-refractivity contribution >= 4 is 11.8 Å². The largest absolute Gasteiger partial charge is 0.395 e.